The van der Waals surface area contributed by atoms with Crippen LogP contribution in [0.2, 0.25) is 0 Å². The summed E-state index contributed by atoms with van der Waals surface area (Å²) < 4.78 is 0. The van der Waals surface area contributed by atoms with Crippen LogP contribution in [-0.2, 0) is 0 Å². The monoisotopic (exact) mass is 211 g/mol. The van der Waals surface area contributed by atoms with E-state index in [1.807, 2.05) is 0 Å². The summed E-state index contributed by atoms with van der Waals surface area (Å²) in [6.07, 6.45) is 7.50. The fourth-order valence-corrected chi connectivity index (χ4v) is 2.42. The Hall–Kier alpha value is -0.570. The summed E-state index contributed by atoms with van der Waals surface area (Å²) in [4.78, 5) is 2.47. The predicted octanol–water partition coefficient (Wildman–Crippen LogP) is 2.21. The topological polar surface area (TPSA) is 53.1 Å². The second-order valence-corrected chi connectivity index (χ2v) is 4.70. The van der Waals surface area contributed by atoms with Crippen molar-refractivity contribution in [1.82, 2.24) is 4.90 Å². The van der Waals surface area contributed by atoms with Gasteiger partial charge < -0.3 is 10.6 Å². The zero-order valence-corrected chi connectivity index (χ0v) is 9.97. The molecule has 0 aromatic heterocycles. The van der Waals surface area contributed by atoms with Gasteiger partial charge in [-0.25, -0.2) is 0 Å². The molecule has 1 saturated heterocycles. The molecule has 0 bridgehead atoms. The summed E-state index contributed by atoms with van der Waals surface area (Å²) in [5.74, 6) is 1.27. The molecule has 1 aliphatic heterocycles. The van der Waals surface area contributed by atoms with E-state index in [1.165, 1.54) is 45.2 Å². The van der Waals surface area contributed by atoms with Gasteiger partial charge in [0.2, 0.25) is 0 Å². The Kier molecular flexibility index (Phi) is 5.69. The van der Waals surface area contributed by atoms with Crippen LogP contribution in [0.25, 0.3) is 0 Å². The number of hydrogen-bond acceptors (Lipinski definition) is 2. The standard InChI is InChI=1S/C12H25N3/c1-2-4-11-5-3-8-15(9-6-11)10-7-12(13)14/h11H,2-10H2,1H3,(H3,13,14). The van der Waals surface area contributed by atoms with Gasteiger partial charge in [-0.3, -0.25) is 5.41 Å². The van der Waals surface area contributed by atoms with Crippen LogP contribution in [0.4, 0.5) is 0 Å². The first kappa shape index (κ1) is 12.5. The highest BCUT2D eigenvalue weighted by Gasteiger charge is 2.15. The van der Waals surface area contributed by atoms with E-state index in [9.17, 15) is 0 Å². The first-order valence-electron chi connectivity index (χ1n) is 6.27. The van der Waals surface area contributed by atoms with Gasteiger partial charge in [0, 0.05) is 13.0 Å². The maximum atomic E-state index is 7.22. The molecule has 1 heterocycles. The van der Waals surface area contributed by atoms with E-state index in [-0.39, 0.29) is 0 Å². The minimum Gasteiger partial charge on any atom is -0.388 e. The molecular weight excluding hydrogens is 186 g/mol. The molecule has 1 fully saturated rings. The highest BCUT2D eigenvalue weighted by Crippen LogP contribution is 2.21. The van der Waals surface area contributed by atoms with Crippen LogP contribution in [-0.4, -0.2) is 30.4 Å². The molecule has 0 aromatic rings. The average Bonchev–Trinajstić information content (AvgIpc) is 2.41. The van der Waals surface area contributed by atoms with Crippen molar-refractivity contribution in [2.75, 3.05) is 19.6 Å². The molecule has 0 saturated carbocycles. The van der Waals surface area contributed by atoms with Gasteiger partial charge in [-0.1, -0.05) is 19.8 Å². The fraction of sp³-hybridized carbons (Fsp3) is 0.917. The molecule has 1 aliphatic rings. The van der Waals surface area contributed by atoms with E-state index in [4.69, 9.17) is 11.1 Å². The second kappa shape index (κ2) is 6.83. The summed E-state index contributed by atoms with van der Waals surface area (Å²) in [5, 5.41) is 7.22. The molecule has 88 valence electrons. The Labute approximate surface area is 93.5 Å². The zero-order valence-electron chi connectivity index (χ0n) is 9.97. The van der Waals surface area contributed by atoms with Crippen LogP contribution < -0.4 is 5.73 Å². The molecule has 3 heteroatoms. The summed E-state index contributed by atoms with van der Waals surface area (Å²) >= 11 is 0. The lowest BCUT2D eigenvalue weighted by atomic mass is 9.96. The van der Waals surface area contributed by atoms with Gasteiger partial charge in [0.15, 0.2) is 0 Å². The van der Waals surface area contributed by atoms with Crippen molar-refractivity contribution < 1.29 is 0 Å². The van der Waals surface area contributed by atoms with Crippen molar-refractivity contribution >= 4 is 5.84 Å². The number of likely N-dealkylation sites (tertiary alicyclic amines) is 1. The first-order chi connectivity index (χ1) is 7.22. The van der Waals surface area contributed by atoms with Crippen molar-refractivity contribution in [2.24, 2.45) is 11.7 Å². The largest absolute Gasteiger partial charge is 0.388 e. The fourth-order valence-electron chi connectivity index (χ4n) is 2.42. The van der Waals surface area contributed by atoms with Gasteiger partial charge in [-0.15, -0.1) is 0 Å². The van der Waals surface area contributed by atoms with Crippen LogP contribution in [0, 0.1) is 11.3 Å². The third-order valence-corrected chi connectivity index (χ3v) is 3.33. The molecule has 15 heavy (non-hydrogen) atoms. The predicted molar refractivity (Wildman–Crippen MR) is 65.2 cm³/mol. The lowest BCUT2D eigenvalue weighted by molar-refractivity contribution is 0.287. The Morgan fingerprint density at radius 1 is 1.40 bits per heavy atom. The number of nitrogens with two attached hydrogens (primary N) is 1. The van der Waals surface area contributed by atoms with E-state index in [0.29, 0.717) is 5.84 Å². The highest BCUT2D eigenvalue weighted by atomic mass is 15.1. The molecule has 0 radical (unpaired) electrons. The van der Waals surface area contributed by atoms with Crippen molar-refractivity contribution in [3.05, 3.63) is 0 Å². The molecule has 0 aromatic carbocycles. The van der Waals surface area contributed by atoms with Crippen molar-refractivity contribution in [1.29, 1.82) is 5.41 Å². The van der Waals surface area contributed by atoms with Crippen LogP contribution in [0.3, 0.4) is 0 Å². The maximum Gasteiger partial charge on any atom is 0.0918 e. The minimum atomic E-state index is 0.323. The van der Waals surface area contributed by atoms with Crippen LogP contribution in [0.5, 0.6) is 0 Å². The van der Waals surface area contributed by atoms with E-state index >= 15 is 0 Å². The molecule has 3 N–H and O–H groups in total. The molecule has 1 atom stereocenters. The normalized spacial score (nSPS) is 23.7. The molecule has 3 nitrogen and oxygen atoms in total. The molecule has 0 aliphatic carbocycles. The van der Waals surface area contributed by atoms with E-state index in [0.717, 1.165) is 18.9 Å². The lowest BCUT2D eigenvalue weighted by Crippen LogP contribution is -2.29. The van der Waals surface area contributed by atoms with E-state index in [1.54, 1.807) is 0 Å². The van der Waals surface area contributed by atoms with Crippen LogP contribution >= 0.6 is 0 Å². The smallest absolute Gasteiger partial charge is 0.0918 e. The number of nitrogens with zero attached hydrogens (tertiary/aromatic N) is 1. The summed E-state index contributed by atoms with van der Waals surface area (Å²) in [6, 6.07) is 0. The summed E-state index contributed by atoms with van der Waals surface area (Å²) in [7, 11) is 0. The molecule has 0 amide bonds. The van der Waals surface area contributed by atoms with Crippen molar-refractivity contribution in [3.8, 4) is 0 Å². The van der Waals surface area contributed by atoms with E-state index in [2.05, 4.69) is 11.8 Å². The number of hydrogen-bond donors (Lipinski definition) is 2. The van der Waals surface area contributed by atoms with Gasteiger partial charge in [0.1, 0.15) is 0 Å². The molecular formula is C12H25N3. The van der Waals surface area contributed by atoms with Gasteiger partial charge in [0.25, 0.3) is 0 Å². The Balaban J connectivity index is 2.23. The summed E-state index contributed by atoms with van der Waals surface area (Å²) in [6.45, 7) is 5.66. The van der Waals surface area contributed by atoms with Gasteiger partial charge in [-0.2, -0.15) is 0 Å². The summed E-state index contributed by atoms with van der Waals surface area (Å²) in [5.41, 5.74) is 5.38. The minimum absolute atomic E-state index is 0.323. The number of amidine groups is 1. The molecule has 0 spiro atoms. The van der Waals surface area contributed by atoms with Gasteiger partial charge in [-0.05, 0) is 38.3 Å². The maximum absolute atomic E-state index is 7.22. The molecule has 1 rings (SSSR count). The zero-order chi connectivity index (χ0) is 11.1. The highest BCUT2D eigenvalue weighted by molar-refractivity contribution is 5.76. The average molecular weight is 211 g/mol. The van der Waals surface area contributed by atoms with E-state index < -0.39 is 0 Å². The Morgan fingerprint density at radius 3 is 2.87 bits per heavy atom. The SMILES string of the molecule is CCCC1CCCN(CCC(=N)N)CC1. The quantitative estimate of drug-likeness (QED) is 0.541. The van der Waals surface area contributed by atoms with Crippen molar-refractivity contribution in [3.63, 3.8) is 0 Å². The van der Waals surface area contributed by atoms with Crippen molar-refractivity contribution in [2.45, 2.75) is 45.4 Å². The lowest BCUT2D eigenvalue weighted by Gasteiger charge is -2.19. The number of rotatable bonds is 5. The molecule has 1 unspecified atom stereocenters. The van der Waals surface area contributed by atoms with Crippen LogP contribution in [0.15, 0.2) is 0 Å². The third kappa shape index (κ3) is 5.17. The van der Waals surface area contributed by atoms with Gasteiger partial charge in [0.05, 0.1) is 5.84 Å². The first-order valence-corrected chi connectivity index (χ1v) is 6.27. The Morgan fingerprint density at radius 2 is 2.20 bits per heavy atom. The van der Waals surface area contributed by atoms with Crippen LogP contribution in [0.1, 0.15) is 45.4 Å². The van der Waals surface area contributed by atoms with Gasteiger partial charge >= 0.3 is 0 Å². The second-order valence-electron chi connectivity index (χ2n) is 4.70. The Bertz CT molecular complexity index is 191. The number of nitrogens with one attached hydrogen (secondary N) is 1. The third-order valence-electron chi connectivity index (χ3n) is 3.33.